The van der Waals surface area contributed by atoms with E-state index in [0.717, 1.165) is 4.57 Å². The van der Waals surface area contributed by atoms with E-state index in [2.05, 4.69) is 6.58 Å². The third-order valence-electron chi connectivity index (χ3n) is 1.80. The van der Waals surface area contributed by atoms with Crippen LogP contribution in [0.5, 0.6) is 0 Å². The molecule has 0 aliphatic heterocycles. The number of hydrogen-bond donors (Lipinski definition) is 1. The van der Waals surface area contributed by atoms with Gasteiger partial charge in [0.05, 0.1) is 5.69 Å². The van der Waals surface area contributed by atoms with Crippen LogP contribution >= 0.6 is 0 Å². The summed E-state index contributed by atoms with van der Waals surface area (Å²) in [6.07, 6.45) is 4.72. The molecule has 0 unspecified atom stereocenters. The molecule has 1 aromatic heterocycles. The summed E-state index contributed by atoms with van der Waals surface area (Å²) in [5, 5.41) is 8.60. The second-order valence-electron chi connectivity index (χ2n) is 2.88. The van der Waals surface area contributed by atoms with E-state index in [0.29, 0.717) is 11.5 Å². The maximum atomic E-state index is 11.2. The van der Waals surface area contributed by atoms with Crippen LogP contribution in [-0.2, 0) is 11.3 Å². The van der Waals surface area contributed by atoms with Crippen LogP contribution in [0.1, 0.15) is 11.5 Å². The maximum absolute atomic E-state index is 11.2. The topological polar surface area (TPSA) is 72.4 Å². The molecule has 0 aliphatic carbocycles. The first-order valence-electron chi connectivity index (χ1n) is 4.27. The average molecular weight is 209 g/mol. The molecular formula is C10H11NO4. The van der Waals surface area contributed by atoms with Crippen LogP contribution in [0.3, 0.4) is 0 Å². The minimum atomic E-state index is -1.09. The zero-order valence-electron chi connectivity index (χ0n) is 8.27. The number of allylic oxidation sites excluding steroid dienone is 2. The highest BCUT2D eigenvalue weighted by Crippen LogP contribution is 2.08. The van der Waals surface area contributed by atoms with Crippen molar-refractivity contribution in [3.63, 3.8) is 0 Å². The quantitative estimate of drug-likeness (QED) is 0.752. The first-order valence-corrected chi connectivity index (χ1v) is 4.27. The number of aromatic nitrogens is 1. The van der Waals surface area contributed by atoms with Gasteiger partial charge in [-0.2, -0.15) is 0 Å². The lowest BCUT2D eigenvalue weighted by Crippen LogP contribution is -2.20. The Hall–Kier alpha value is -2.04. The zero-order valence-corrected chi connectivity index (χ0v) is 8.27. The van der Waals surface area contributed by atoms with Crippen molar-refractivity contribution < 1.29 is 14.3 Å². The van der Waals surface area contributed by atoms with Crippen molar-refractivity contribution in [3.05, 3.63) is 40.7 Å². The number of nitrogens with zero attached hydrogens (tertiary/aromatic N) is 1. The standard InChI is InChI=1S/C10H11NO4/c1-3-4-5-8-7(2)15-10(14)11(8)6-9(12)13/h3-5H,1,6H2,2H3,(H,12,13)/b5-4-. The van der Waals surface area contributed by atoms with Gasteiger partial charge < -0.3 is 9.52 Å². The van der Waals surface area contributed by atoms with Gasteiger partial charge in [0.2, 0.25) is 0 Å². The van der Waals surface area contributed by atoms with E-state index < -0.39 is 18.3 Å². The van der Waals surface area contributed by atoms with E-state index in [-0.39, 0.29) is 0 Å². The Kier molecular flexibility index (Phi) is 3.28. The van der Waals surface area contributed by atoms with Crippen molar-refractivity contribution in [1.82, 2.24) is 4.57 Å². The minimum absolute atomic E-state index is 0.388. The second kappa shape index (κ2) is 4.45. The number of aliphatic carboxylic acids is 1. The van der Waals surface area contributed by atoms with E-state index in [4.69, 9.17) is 9.52 Å². The number of carbonyl (C=O) groups is 1. The molecule has 5 nitrogen and oxygen atoms in total. The Bertz CT molecular complexity index is 464. The molecule has 0 saturated heterocycles. The van der Waals surface area contributed by atoms with Crippen LogP contribution in [0, 0.1) is 6.92 Å². The molecule has 15 heavy (non-hydrogen) atoms. The van der Waals surface area contributed by atoms with Crippen molar-refractivity contribution in [1.29, 1.82) is 0 Å². The maximum Gasteiger partial charge on any atom is 0.420 e. The van der Waals surface area contributed by atoms with Gasteiger partial charge in [-0.15, -0.1) is 0 Å². The smallest absolute Gasteiger partial charge is 0.420 e. The van der Waals surface area contributed by atoms with Crippen LogP contribution in [0.25, 0.3) is 6.08 Å². The third kappa shape index (κ3) is 2.46. The van der Waals surface area contributed by atoms with Gasteiger partial charge in [-0.1, -0.05) is 18.7 Å². The molecule has 1 heterocycles. The van der Waals surface area contributed by atoms with E-state index >= 15 is 0 Å². The Morgan fingerprint density at radius 1 is 1.67 bits per heavy atom. The van der Waals surface area contributed by atoms with Gasteiger partial charge in [-0.05, 0) is 13.0 Å². The average Bonchev–Trinajstić information content (AvgIpc) is 2.39. The Balaban J connectivity index is 3.22. The molecule has 1 N–H and O–H groups in total. The molecule has 0 aromatic carbocycles. The first kappa shape index (κ1) is 11.0. The number of aryl methyl sites for hydroxylation is 1. The predicted octanol–water partition coefficient (Wildman–Crippen LogP) is 1.03. The molecule has 0 fully saturated rings. The summed E-state index contributed by atoms with van der Waals surface area (Å²) in [4.78, 5) is 21.7. The summed E-state index contributed by atoms with van der Waals surface area (Å²) in [6, 6.07) is 0. The zero-order chi connectivity index (χ0) is 11.4. The largest absolute Gasteiger partial charge is 0.480 e. The molecular weight excluding hydrogens is 198 g/mol. The van der Waals surface area contributed by atoms with E-state index in [1.807, 2.05) is 0 Å². The number of oxazole rings is 1. The van der Waals surface area contributed by atoms with Gasteiger partial charge >= 0.3 is 11.7 Å². The summed E-state index contributed by atoms with van der Waals surface area (Å²) in [6.45, 7) is 4.67. The van der Waals surface area contributed by atoms with Gasteiger partial charge in [-0.25, -0.2) is 4.79 Å². The Morgan fingerprint density at radius 2 is 2.33 bits per heavy atom. The molecule has 80 valence electrons. The molecule has 1 rings (SSSR count). The van der Waals surface area contributed by atoms with Crippen molar-refractivity contribution in [2.75, 3.05) is 0 Å². The van der Waals surface area contributed by atoms with E-state index in [1.54, 1.807) is 19.1 Å². The van der Waals surface area contributed by atoms with Gasteiger partial charge in [0.25, 0.3) is 0 Å². The summed E-state index contributed by atoms with van der Waals surface area (Å²) < 4.78 is 5.86. The fraction of sp³-hybridized carbons (Fsp3) is 0.200. The lowest BCUT2D eigenvalue weighted by Gasteiger charge is -1.98. The monoisotopic (exact) mass is 209 g/mol. The van der Waals surface area contributed by atoms with Crippen molar-refractivity contribution in [2.45, 2.75) is 13.5 Å². The van der Waals surface area contributed by atoms with Gasteiger partial charge in [0.15, 0.2) is 0 Å². The highest BCUT2D eigenvalue weighted by molar-refractivity contribution is 5.67. The lowest BCUT2D eigenvalue weighted by molar-refractivity contribution is -0.137. The summed E-state index contributed by atoms with van der Waals surface area (Å²) in [5.74, 6) is -1.37. The first-order chi connectivity index (χ1) is 7.06. The number of carboxylic acids is 1. The highest BCUT2D eigenvalue weighted by atomic mass is 16.4. The minimum Gasteiger partial charge on any atom is -0.480 e. The fourth-order valence-corrected chi connectivity index (χ4v) is 1.18. The van der Waals surface area contributed by atoms with Crippen molar-refractivity contribution in [3.8, 4) is 0 Å². The molecule has 1 aromatic rings. The summed E-state index contributed by atoms with van der Waals surface area (Å²) in [7, 11) is 0. The molecule has 0 atom stereocenters. The SMILES string of the molecule is C=C/C=C\c1c(C)oc(=O)n1CC(=O)O. The Labute approximate surface area is 85.9 Å². The van der Waals surface area contributed by atoms with E-state index in [1.165, 1.54) is 6.08 Å². The van der Waals surface area contributed by atoms with Crippen LogP contribution in [-0.4, -0.2) is 15.6 Å². The lowest BCUT2D eigenvalue weighted by atomic mass is 10.3. The molecule has 0 bridgehead atoms. The van der Waals surface area contributed by atoms with Crippen LogP contribution < -0.4 is 5.76 Å². The fourth-order valence-electron chi connectivity index (χ4n) is 1.18. The number of rotatable bonds is 4. The van der Waals surface area contributed by atoms with Crippen LogP contribution in [0.4, 0.5) is 0 Å². The van der Waals surface area contributed by atoms with E-state index in [9.17, 15) is 9.59 Å². The normalized spacial score (nSPS) is 10.7. The molecule has 0 saturated carbocycles. The van der Waals surface area contributed by atoms with Crippen LogP contribution in [0.15, 0.2) is 27.9 Å². The Morgan fingerprint density at radius 3 is 2.87 bits per heavy atom. The third-order valence-corrected chi connectivity index (χ3v) is 1.80. The summed E-state index contributed by atoms with van der Waals surface area (Å²) in [5.41, 5.74) is 0.447. The predicted molar refractivity (Wildman–Crippen MR) is 54.6 cm³/mol. The number of hydrogen-bond acceptors (Lipinski definition) is 3. The molecule has 0 radical (unpaired) electrons. The van der Waals surface area contributed by atoms with Crippen molar-refractivity contribution >= 4 is 12.0 Å². The van der Waals surface area contributed by atoms with Crippen LogP contribution in [0.2, 0.25) is 0 Å². The molecule has 0 aliphatic rings. The molecule has 0 spiro atoms. The highest BCUT2D eigenvalue weighted by Gasteiger charge is 2.12. The summed E-state index contributed by atoms with van der Waals surface area (Å²) >= 11 is 0. The molecule has 5 heteroatoms. The second-order valence-corrected chi connectivity index (χ2v) is 2.88. The van der Waals surface area contributed by atoms with Crippen molar-refractivity contribution in [2.24, 2.45) is 0 Å². The van der Waals surface area contributed by atoms with Gasteiger partial charge in [0.1, 0.15) is 12.3 Å². The number of carboxylic acid groups (broad SMARTS) is 1. The van der Waals surface area contributed by atoms with Gasteiger partial charge in [0, 0.05) is 0 Å². The molecule has 0 amide bonds. The van der Waals surface area contributed by atoms with Gasteiger partial charge in [-0.3, -0.25) is 9.36 Å².